The van der Waals surface area contributed by atoms with E-state index in [9.17, 15) is 0 Å². The molecule has 1 unspecified atom stereocenters. The Balaban J connectivity index is 1.50. The number of rotatable bonds is 1. The molecule has 1 spiro atoms. The van der Waals surface area contributed by atoms with Crippen molar-refractivity contribution in [3.05, 3.63) is 127 Å². The van der Waals surface area contributed by atoms with Crippen LogP contribution in [0.2, 0.25) is 0 Å². The average molecular weight is 575 g/mol. The van der Waals surface area contributed by atoms with Crippen molar-refractivity contribution in [2.45, 2.75) is 105 Å². The third-order valence-electron chi connectivity index (χ3n) is 11.7. The molecular weight excluding hydrogens is 528 g/mol. The normalized spacial score (nSPS) is 21.8. The number of aryl methyl sites for hydroxylation is 3. The molecule has 0 aromatic heterocycles. The van der Waals surface area contributed by atoms with Crippen molar-refractivity contribution in [1.82, 2.24) is 0 Å². The van der Waals surface area contributed by atoms with Crippen LogP contribution in [-0.4, -0.2) is 0 Å². The van der Waals surface area contributed by atoms with Gasteiger partial charge in [0, 0.05) is 16.2 Å². The van der Waals surface area contributed by atoms with Gasteiger partial charge in [-0.2, -0.15) is 0 Å². The molecule has 0 saturated heterocycles. The smallest absolute Gasteiger partial charge is 0.0443 e. The summed E-state index contributed by atoms with van der Waals surface area (Å²) in [6, 6.07) is 19.8. The fourth-order valence-electron chi connectivity index (χ4n) is 10.3. The van der Waals surface area contributed by atoms with E-state index in [0.29, 0.717) is 5.92 Å². The lowest BCUT2D eigenvalue weighted by molar-refractivity contribution is 0.638. The van der Waals surface area contributed by atoms with E-state index in [0.717, 1.165) is 6.42 Å². The highest BCUT2D eigenvalue weighted by Crippen LogP contribution is 2.67. The van der Waals surface area contributed by atoms with Gasteiger partial charge in [0.25, 0.3) is 0 Å². The van der Waals surface area contributed by atoms with E-state index < -0.39 is 0 Å². The van der Waals surface area contributed by atoms with Gasteiger partial charge >= 0.3 is 0 Å². The third-order valence-corrected chi connectivity index (χ3v) is 11.7. The zero-order valence-electron chi connectivity index (χ0n) is 28.6. The van der Waals surface area contributed by atoms with Crippen LogP contribution in [0.5, 0.6) is 0 Å². The van der Waals surface area contributed by atoms with Crippen molar-refractivity contribution in [3.8, 4) is 11.1 Å². The van der Waals surface area contributed by atoms with Crippen LogP contribution >= 0.6 is 0 Å². The summed E-state index contributed by atoms with van der Waals surface area (Å²) in [6.07, 6.45) is 6.05. The second-order valence-electron chi connectivity index (χ2n) is 16.0. The second-order valence-corrected chi connectivity index (χ2v) is 16.0. The average Bonchev–Trinajstić information content (AvgIpc) is 3.43. The molecule has 0 heterocycles. The molecule has 4 aromatic carbocycles. The van der Waals surface area contributed by atoms with Gasteiger partial charge in [-0.15, -0.1) is 0 Å². The highest BCUT2D eigenvalue weighted by molar-refractivity contribution is 6.13. The quantitative estimate of drug-likeness (QED) is 0.212. The Bertz CT molecular complexity index is 2100. The highest BCUT2D eigenvalue weighted by Gasteiger charge is 2.54. The molecule has 0 heteroatoms. The monoisotopic (exact) mass is 574 g/mol. The first-order valence-electron chi connectivity index (χ1n) is 16.7. The van der Waals surface area contributed by atoms with Crippen molar-refractivity contribution >= 4 is 21.9 Å². The molecule has 1 atom stereocenters. The van der Waals surface area contributed by atoms with Crippen molar-refractivity contribution < 1.29 is 0 Å². The van der Waals surface area contributed by atoms with Gasteiger partial charge in [0.2, 0.25) is 0 Å². The largest absolute Gasteiger partial charge is 0.0715 e. The van der Waals surface area contributed by atoms with E-state index in [4.69, 9.17) is 0 Å². The van der Waals surface area contributed by atoms with Gasteiger partial charge in [0.15, 0.2) is 0 Å². The van der Waals surface area contributed by atoms with Crippen molar-refractivity contribution in [2.75, 3.05) is 0 Å². The molecule has 0 amide bonds. The Hall–Kier alpha value is -3.64. The minimum Gasteiger partial charge on any atom is -0.0715 e. The number of benzene rings is 4. The maximum absolute atomic E-state index is 2.61. The zero-order chi connectivity index (χ0) is 31.2. The summed E-state index contributed by atoms with van der Waals surface area (Å²) in [7, 11) is 0. The summed E-state index contributed by atoms with van der Waals surface area (Å²) in [6.45, 7) is 26.1. The molecule has 4 aromatic rings. The molecule has 0 aliphatic heterocycles. The highest BCUT2D eigenvalue weighted by atomic mass is 14.6. The molecule has 0 nitrogen and oxygen atoms in total. The molecule has 4 aliphatic rings. The zero-order valence-corrected chi connectivity index (χ0v) is 28.6. The molecule has 8 rings (SSSR count). The number of hydrogen-bond acceptors (Lipinski definition) is 0. The Morgan fingerprint density at radius 2 is 1.34 bits per heavy atom. The van der Waals surface area contributed by atoms with Crippen molar-refractivity contribution in [1.29, 1.82) is 0 Å². The van der Waals surface area contributed by atoms with Crippen LogP contribution in [0.4, 0.5) is 0 Å². The molecule has 0 bridgehead atoms. The first-order valence-corrected chi connectivity index (χ1v) is 16.7. The summed E-state index contributed by atoms with van der Waals surface area (Å²) in [5, 5.41) is 2.89. The predicted octanol–water partition coefficient (Wildman–Crippen LogP) is 11.9. The summed E-state index contributed by atoms with van der Waals surface area (Å²) in [5.74, 6) is 0.511. The SMILES string of the molecule is CC1=CC2(CC(C)=C1)c1ccc3c(c1-c1cc(C)c4c(C)cc(C)cc4c12)C(C)(C)C1=C3C(C)(C)c2ccc(C(C)C)cc21. The van der Waals surface area contributed by atoms with Gasteiger partial charge in [-0.1, -0.05) is 119 Å². The Morgan fingerprint density at radius 1 is 0.659 bits per heavy atom. The Morgan fingerprint density at radius 3 is 2.05 bits per heavy atom. The van der Waals surface area contributed by atoms with E-state index in [1.807, 2.05) is 0 Å². The van der Waals surface area contributed by atoms with Crippen LogP contribution in [0.25, 0.3) is 33.0 Å². The Labute approximate surface area is 264 Å². The maximum Gasteiger partial charge on any atom is 0.0443 e. The summed E-state index contributed by atoms with van der Waals surface area (Å²) in [5.41, 5.74) is 23.2. The third kappa shape index (κ3) is 3.25. The second kappa shape index (κ2) is 8.54. The van der Waals surface area contributed by atoms with E-state index >= 15 is 0 Å². The van der Waals surface area contributed by atoms with E-state index in [2.05, 4.69) is 137 Å². The van der Waals surface area contributed by atoms with Crippen LogP contribution in [-0.2, 0) is 16.2 Å². The van der Waals surface area contributed by atoms with Crippen molar-refractivity contribution in [2.24, 2.45) is 0 Å². The Kier molecular flexibility index (Phi) is 5.41. The predicted molar refractivity (Wildman–Crippen MR) is 190 cm³/mol. The molecule has 222 valence electrons. The number of hydrogen-bond donors (Lipinski definition) is 0. The molecular formula is C44H46. The van der Waals surface area contributed by atoms with Crippen LogP contribution in [0.15, 0.2) is 71.8 Å². The van der Waals surface area contributed by atoms with Crippen molar-refractivity contribution in [3.63, 3.8) is 0 Å². The lowest BCUT2D eigenvalue weighted by atomic mass is 9.67. The van der Waals surface area contributed by atoms with Gasteiger partial charge in [-0.3, -0.25) is 0 Å². The fraction of sp³-hybridized carbons (Fsp3) is 0.364. The summed E-state index contributed by atoms with van der Waals surface area (Å²) < 4.78 is 0. The first-order chi connectivity index (χ1) is 20.7. The molecule has 0 saturated carbocycles. The minimum atomic E-state index is -0.157. The van der Waals surface area contributed by atoms with Crippen LogP contribution in [0.3, 0.4) is 0 Å². The molecule has 0 N–H and O–H groups in total. The molecule has 0 radical (unpaired) electrons. The van der Waals surface area contributed by atoms with Gasteiger partial charge in [0.1, 0.15) is 0 Å². The van der Waals surface area contributed by atoms with Crippen LogP contribution in [0, 0.1) is 20.8 Å². The fourth-order valence-corrected chi connectivity index (χ4v) is 10.3. The van der Waals surface area contributed by atoms with Crippen LogP contribution in [0.1, 0.15) is 123 Å². The topological polar surface area (TPSA) is 0 Å². The van der Waals surface area contributed by atoms with E-state index in [-0.39, 0.29) is 16.2 Å². The number of fused-ring (bicyclic) bond motifs is 12. The molecule has 4 aliphatic carbocycles. The lowest BCUT2D eigenvalue weighted by Gasteiger charge is -2.35. The number of allylic oxidation sites excluding steroid dienone is 6. The molecule has 0 fully saturated rings. The first kappa shape index (κ1) is 27.9. The van der Waals surface area contributed by atoms with Gasteiger partial charge in [-0.25, -0.2) is 0 Å². The van der Waals surface area contributed by atoms with E-state index in [1.54, 1.807) is 16.7 Å². The van der Waals surface area contributed by atoms with E-state index in [1.165, 1.54) is 83.1 Å². The standard InChI is InChI=1S/C44H46/c1-23(2)29-12-14-34-31(20-29)41-40(42(34,8)9)30-13-15-35-37(39(30)43(41,10)11)33-19-28(7)36-27(6)17-24(3)18-32(36)38(33)44(35)21-25(4)16-26(5)22-44/h12-21,23H,22H2,1-11H3. The summed E-state index contributed by atoms with van der Waals surface area (Å²) in [4.78, 5) is 0. The maximum atomic E-state index is 2.61. The lowest BCUT2D eigenvalue weighted by Crippen LogP contribution is -2.26. The minimum absolute atomic E-state index is 0.0375. The van der Waals surface area contributed by atoms with Gasteiger partial charge < -0.3 is 0 Å². The van der Waals surface area contributed by atoms with Crippen LogP contribution < -0.4 is 0 Å². The molecule has 44 heavy (non-hydrogen) atoms. The van der Waals surface area contributed by atoms with Gasteiger partial charge in [0.05, 0.1) is 0 Å². The summed E-state index contributed by atoms with van der Waals surface area (Å²) >= 11 is 0. The van der Waals surface area contributed by atoms with Gasteiger partial charge in [-0.05, 0) is 130 Å².